The third-order valence-corrected chi connectivity index (χ3v) is 8.88. The van der Waals surface area contributed by atoms with Gasteiger partial charge in [-0.25, -0.2) is 18.4 Å². The minimum Gasteiger partial charge on any atom is -0.488 e. The predicted octanol–water partition coefficient (Wildman–Crippen LogP) is 2.75. The monoisotopic (exact) mass is 457 g/mol. The highest BCUT2D eigenvalue weighted by Gasteiger charge is 2.40. The second kappa shape index (κ2) is 7.59. The van der Waals surface area contributed by atoms with Crippen molar-refractivity contribution in [3.8, 4) is 17.0 Å². The van der Waals surface area contributed by atoms with Gasteiger partial charge in [-0.2, -0.15) is 0 Å². The quantitative estimate of drug-likeness (QED) is 0.726. The second-order valence-corrected chi connectivity index (χ2v) is 11.9. The lowest BCUT2D eigenvalue weighted by atomic mass is 9.71. The molecule has 2 aliphatic carbocycles. The maximum Gasteiger partial charge on any atom is 0.235 e. The normalized spacial score (nSPS) is 25.8. The highest BCUT2D eigenvalue weighted by Crippen LogP contribution is 2.50. The van der Waals surface area contributed by atoms with Crippen LogP contribution >= 0.6 is 0 Å². The van der Waals surface area contributed by atoms with Crippen molar-refractivity contribution in [3.05, 3.63) is 29.6 Å². The molecular weight excluding hydrogens is 426 g/mol. The summed E-state index contributed by atoms with van der Waals surface area (Å²) in [6, 6.07) is 4.11. The van der Waals surface area contributed by atoms with Crippen LogP contribution in [-0.4, -0.2) is 42.8 Å². The molecule has 1 saturated heterocycles. The average Bonchev–Trinajstić information content (AvgIpc) is 3.07. The van der Waals surface area contributed by atoms with Crippen molar-refractivity contribution in [3.63, 3.8) is 0 Å². The molecule has 3 aliphatic rings. The molecule has 172 valence electrons. The van der Waals surface area contributed by atoms with E-state index in [9.17, 15) is 8.42 Å². The number of hydrogen-bond donors (Lipinski definition) is 2. The maximum absolute atomic E-state index is 13.0. The molecule has 0 amide bonds. The van der Waals surface area contributed by atoms with E-state index in [-0.39, 0.29) is 23.3 Å². The van der Waals surface area contributed by atoms with Gasteiger partial charge in [0.2, 0.25) is 10.0 Å². The first-order valence-electron chi connectivity index (χ1n) is 11.4. The van der Waals surface area contributed by atoms with Gasteiger partial charge in [0, 0.05) is 23.7 Å². The smallest absolute Gasteiger partial charge is 0.235 e. The molecular formula is C23H31N5O3S. The van der Waals surface area contributed by atoms with Crippen molar-refractivity contribution in [1.82, 2.24) is 9.97 Å². The number of nitrogens with zero attached hydrogens (tertiary/aromatic N) is 3. The molecule has 1 saturated carbocycles. The summed E-state index contributed by atoms with van der Waals surface area (Å²) in [5, 5.41) is 0. The first-order valence-corrected chi connectivity index (χ1v) is 13.0. The number of fused-ring (bicyclic) bond motifs is 3. The van der Waals surface area contributed by atoms with Crippen LogP contribution in [-0.2, 0) is 21.9 Å². The summed E-state index contributed by atoms with van der Waals surface area (Å²) in [5.74, 6) is 1.26. The molecule has 0 bridgehead atoms. The van der Waals surface area contributed by atoms with Gasteiger partial charge >= 0.3 is 0 Å². The Balaban J connectivity index is 1.68. The molecule has 5 rings (SSSR count). The van der Waals surface area contributed by atoms with Crippen LogP contribution in [0.15, 0.2) is 18.5 Å². The summed E-state index contributed by atoms with van der Waals surface area (Å²) in [5.41, 5.74) is 16.2. The van der Waals surface area contributed by atoms with Crippen LogP contribution in [0.4, 0.5) is 11.5 Å². The van der Waals surface area contributed by atoms with Crippen molar-refractivity contribution in [2.45, 2.75) is 69.9 Å². The van der Waals surface area contributed by atoms with Crippen molar-refractivity contribution in [2.75, 3.05) is 22.3 Å². The van der Waals surface area contributed by atoms with E-state index in [2.05, 4.69) is 23.8 Å². The van der Waals surface area contributed by atoms with Gasteiger partial charge in [0.05, 0.1) is 23.2 Å². The van der Waals surface area contributed by atoms with Crippen LogP contribution in [0.3, 0.4) is 0 Å². The number of nitrogens with two attached hydrogens (primary N) is 2. The molecule has 1 aliphatic heterocycles. The van der Waals surface area contributed by atoms with Crippen LogP contribution in [0, 0.1) is 0 Å². The molecule has 0 unspecified atom stereocenters. The SMILES string of the molecule is CC1(C)Cc2c(ccc(OC3CCC(N)CC3)c2N2CCCS2(=O)=O)-c2ncnc(N)c21. The first kappa shape index (κ1) is 21.5. The minimum atomic E-state index is -3.39. The number of anilines is 2. The van der Waals surface area contributed by atoms with Gasteiger partial charge in [-0.1, -0.05) is 13.8 Å². The van der Waals surface area contributed by atoms with Crippen LogP contribution in [0.2, 0.25) is 0 Å². The van der Waals surface area contributed by atoms with Crippen LogP contribution < -0.4 is 20.5 Å². The Labute approximate surface area is 189 Å². The Morgan fingerprint density at radius 1 is 1.16 bits per heavy atom. The Kier molecular flexibility index (Phi) is 5.09. The van der Waals surface area contributed by atoms with E-state index >= 15 is 0 Å². The van der Waals surface area contributed by atoms with Gasteiger partial charge in [-0.15, -0.1) is 0 Å². The fourth-order valence-corrected chi connectivity index (χ4v) is 7.06. The maximum atomic E-state index is 13.0. The number of sulfonamides is 1. The fraction of sp³-hybridized carbons (Fsp3) is 0.565. The Morgan fingerprint density at radius 3 is 2.59 bits per heavy atom. The molecule has 9 heteroatoms. The molecule has 4 N–H and O–H groups in total. The largest absolute Gasteiger partial charge is 0.488 e. The zero-order valence-electron chi connectivity index (χ0n) is 18.7. The van der Waals surface area contributed by atoms with Crippen LogP contribution in [0.5, 0.6) is 5.75 Å². The highest BCUT2D eigenvalue weighted by atomic mass is 32.2. The number of nitrogen functional groups attached to an aromatic ring is 1. The lowest BCUT2D eigenvalue weighted by Gasteiger charge is -2.37. The zero-order chi connectivity index (χ0) is 22.7. The van der Waals surface area contributed by atoms with Crippen molar-refractivity contribution < 1.29 is 13.2 Å². The third-order valence-electron chi connectivity index (χ3n) is 7.03. The summed E-state index contributed by atoms with van der Waals surface area (Å²) >= 11 is 0. The number of rotatable bonds is 3. The van der Waals surface area contributed by atoms with Crippen LogP contribution in [0.1, 0.15) is 57.1 Å². The third kappa shape index (κ3) is 3.51. The van der Waals surface area contributed by atoms with Gasteiger partial charge in [-0.3, -0.25) is 4.31 Å². The van der Waals surface area contributed by atoms with Crippen LogP contribution in [0.25, 0.3) is 11.3 Å². The second-order valence-electron chi connectivity index (χ2n) is 9.88. The van der Waals surface area contributed by atoms with Gasteiger partial charge in [0.1, 0.15) is 17.9 Å². The van der Waals surface area contributed by atoms with Crippen molar-refractivity contribution >= 4 is 21.5 Å². The van der Waals surface area contributed by atoms with Gasteiger partial charge in [0.25, 0.3) is 0 Å². The van der Waals surface area contributed by atoms with E-state index in [0.717, 1.165) is 48.1 Å². The molecule has 32 heavy (non-hydrogen) atoms. The van der Waals surface area contributed by atoms with E-state index in [1.54, 1.807) is 4.31 Å². The lowest BCUT2D eigenvalue weighted by Crippen LogP contribution is -2.34. The molecule has 1 aromatic carbocycles. The fourth-order valence-electron chi connectivity index (χ4n) is 5.46. The highest BCUT2D eigenvalue weighted by molar-refractivity contribution is 7.93. The zero-order valence-corrected chi connectivity index (χ0v) is 19.5. The topological polar surface area (TPSA) is 124 Å². The Bertz CT molecular complexity index is 1160. The summed E-state index contributed by atoms with van der Waals surface area (Å²) in [4.78, 5) is 8.77. The molecule has 1 aromatic heterocycles. The molecule has 2 aromatic rings. The number of hydrogen-bond acceptors (Lipinski definition) is 7. The first-order chi connectivity index (χ1) is 15.2. The number of ether oxygens (including phenoxy) is 1. The molecule has 0 atom stereocenters. The Morgan fingerprint density at radius 2 is 1.91 bits per heavy atom. The molecule has 2 fully saturated rings. The summed E-state index contributed by atoms with van der Waals surface area (Å²) in [6.45, 7) is 4.67. The van der Waals surface area contributed by atoms with Crippen molar-refractivity contribution in [1.29, 1.82) is 0 Å². The van der Waals surface area contributed by atoms with Gasteiger partial charge < -0.3 is 16.2 Å². The molecule has 0 radical (unpaired) electrons. The number of benzene rings is 1. The molecule has 2 heterocycles. The Hall–Kier alpha value is -2.39. The molecule has 8 nitrogen and oxygen atoms in total. The van der Waals surface area contributed by atoms with Gasteiger partial charge in [-0.05, 0) is 61.6 Å². The van der Waals surface area contributed by atoms with E-state index < -0.39 is 10.0 Å². The van der Waals surface area contributed by atoms with Crippen molar-refractivity contribution in [2.24, 2.45) is 5.73 Å². The average molecular weight is 458 g/mol. The summed E-state index contributed by atoms with van der Waals surface area (Å²) < 4.78 is 34.0. The predicted molar refractivity (Wildman–Crippen MR) is 125 cm³/mol. The standard InChI is InChI=1S/C23H31N5O3S/c1-23(2)12-17-16(20-19(23)22(25)27-13-26-20)8-9-18(31-15-6-4-14(24)5-7-15)21(17)28-10-3-11-32(28,29)30/h8-9,13-15H,3-7,10-12,24H2,1-2H3,(H2,25,26,27). The van der Waals surface area contributed by atoms with E-state index in [1.165, 1.54) is 6.33 Å². The summed E-state index contributed by atoms with van der Waals surface area (Å²) in [6.07, 6.45) is 6.35. The minimum absolute atomic E-state index is 0.0405. The van der Waals surface area contributed by atoms with E-state index in [0.29, 0.717) is 36.6 Å². The molecule has 0 spiro atoms. The summed E-state index contributed by atoms with van der Waals surface area (Å²) in [7, 11) is -3.39. The van der Waals surface area contributed by atoms with E-state index in [4.69, 9.17) is 16.2 Å². The lowest BCUT2D eigenvalue weighted by molar-refractivity contribution is 0.147. The number of aromatic nitrogens is 2. The van der Waals surface area contributed by atoms with Gasteiger partial charge in [0.15, 0.2) is 0 Å². The van der Waals surface area contributed by atoms with E-state index in [1.807, 2.05) is 12.1 Å².